The lowest BCUT2D eigenvalue weighted by atomic mass is 9.93. The Morgan fingerprint density at radius 1 is 1.33 bits per heavy atom. The van der Waals surface area contributed by atoms with Crippen molar-refractivity contribution in [2.75, 3.05) is 18.0 Å². The number of nitrogens with zero attached hydrogens (tertiary/aromatic N) is 3. The van der Waals surface area contributed by atoms with E-state index in [4.69, 9.17) is 0 Å². The fourth-order valence-electron chi connectivity index (χ4n) is 2.55. The average Bonchev–Trinajstić information content (AvgIpc) is 2.71. The molecule has 0 bridgehead atoms. The van der Waals surface area contributed by atoms with E-state index in [1.54, 1.807) is 0 Å². The maximum atomic E-state index is 9.98. The Morgan fingerprint density at radius 2 is 2.06 bits per heavy atom. The molecule has 4 nitrogen and oxygen atoms in total. The molecule has 1 saturated heterocycles. The summed E-state index contributed by atoms with van der Waals surface area (Å²) in [4.78, 5) is 6.79. The van der Waals surface area contributed by atoms with E-state index >= 15 is 0 Å². The first kappa shape index (κ1) is 11.5. The first-order chi connectivity index (χ1) is 8.55. The Hall–Kier alpha value is -1.55. The van der Waals surface area contributed by atoms with Crippen LogP contribution in [0.5, 0.6) is 0 Å². The van der Waals surface area contributed by atoms with Gasteiger partial charge in [-0.05, 0) is 31.9 Å². The van der Waals surface area contributed by atoms with Crippen LogP contribution in [-0.4, -0.2) is 33.3 Å². The van der Waals surface area contributed by atoms with Gasteiger partial charge in [0, 0.05) is 26.3 Å². The summed E-state index contributed by atoms with van der Waals surface area (Å²) in [5.41, 5.74) is 2.84. The zero-order valence-electron chi connectivity index (χ0n) is 10.9. The van der Waals surface area contributed by atoms with Gasteiger partial charge in [0.05, 0.1) is 28.5 Å². The van der Waals surface area contributed by atoms with Crippen LogP contribution in [0, 0.1) is 0 Å². The van der Waals surface area contributed by atoms with Crippen LogP contribution in [-0.2, 0) is 7.05 Å². The van der Waals surface area contributed by atoms with Gasteiger partial charge in [0.1, 0.15) is 0 Å². The number of hydrogen-bond acceptors (Lipinski definition) is 3. The van der Waals surface area contributed by atoms with Gasteiger partial charge in [-0.25, -0.2) is 0 Å². The molecule has 96 valence electrons. The zero-order valence-corrected chi connectivity index (χ0v) is 10.9. The molecule has 0 aromatic carbocycles. The quantitative estimate of drug-likeness (QED) is 0.834. The van der Waals surface area contributed by atoms with E-state index in [1.165, 1.54) is 0 Å². The number of rotatable bonds is 1. The molecule has 2 aromatic heterocycles. The second kappa shape index (κ2) is 3.99. The van der Waals surface area contributed by atoms with Crippen molar-refractivity contribution in [1.82, 2.24) is 9.55 Å². The highest BCUT2D eigenvalue weighted by Crippen LogP contribution is 2.27. The van der Waals surface area contributed by atoms with Crippen molar-refractivity contribution in [1.29, 1.82) is 0 Å². The SMILES string of the molecule is Cn1ccc2ncc(N3CCC(C)(O)CC3)cc21. The molecule has 0 aliphatic carbocycles. The van der Waals surface area contributed by atoms with Crippen LogP contribution in [0.4, 0.5) is 5.69 Å². The number of hydrogen-bond donors (Lipinski definition) is 1. The van der Waals surface area contributed by atoms with Gasteiger partial charge in [0.2, 0.25) is 0 Å². The molecule has 1 aliphatic heterocycles. The van der Waals surface area contributed by atoms with Crippen LogP contribution in [0.25, 0.3) is 11.0 Å². The van der Waals surface area contributed by atoms with Crippen molar-refractivity contribution >= 4 is 16.7 Å². The Morgan fingerprint density at radius 3 is 2.78 bits per heavy atom. The molecule has 1 fully saturated rings. The van der Waals surface area contributed by atoms with Crippen molar-refractivity contribution in [2.24, 2.45) is 7.05 Å². The van der Waals surface area contributed by atoms with Crippen LogP contribution in [0.2, 0.25) is 0 Å². The Labute approximate surface area is 107 Å². The minimum absolute atomic E-state index is 0.501. The van der Waals surface area contributed by atoms with E-state index in [-0.39, 0.29) is 0 Å². The molecule has 1 N–H and O–H groups in total. The minimum atomic E-state index is -0.501. The molecule has 3 rings (SSSR count). The molecule has 0 unspecified atom stereocenters. The highest BCUT2D eigenvalue weighted by Gasteiger charge is 2.27. The fraction of sp³-hybridized carbons (Fsp3) is 0.500. The third-order valence-electron chi connectivity index (χ3n) is 3.92. The Balaban J connectivity index is 1.88. The van der Waals surface area contributed by atoms with Gasteiger partial charge in [-0.3, -0.25) is 4.98 Å². The minimum Gasteiger partial charge on any atom is -0.390 e. The van der Waals surface area contributed by atoms with Crippen molar-refractivity contribution in [3.8, 4) is 0 Å². The second-order valence-electron chi connectivity index (χ2n) is 5.51. The molecule has 18 heavy (non-hydrogen) atoms. The van der Waals surface area contributed by atoms with E-state index in [1.807, 2.05) is 32.4 Å². The Bertz CT molecular complexity index is 563. The first-order valence-corrected chi connectivity index (χ1v) is 6.44. The number of aryl methyl sites for hydroxylation is 1. The summed E-state index contributed by atoms with van der Waals surface area (Å²) in [6.45, 7) is 3.71. The smallest absolute Gasteiger partial charge is 0.0882 e. The molecule has 1 aliphatic rings. The number of aromatic nitrogens is 2. The summed E-state index contributed by atoms with van der Waals surface area (Å²) in [6, 6.07) is 4.21. The van der Waals surface area contributed by atoms with Gasteiger partial charge in [0.25, 0.3) is 0 Å². The van der Waals surface area contributed by atoms with Crippen molar-refractivity contribution in [3.05, 3.63) is 24.5 Å². The maximum Gasteiger partial charge on any atom is 0.0882 e. The van der Waals surface area contributed by atoms with E-state index in [9.17, 15) is 5.11 Å². The van der Waals surface area contributed by atoms with Gasteiger partial charge in [-0.2, -0.15) is 0 Å². The molecule has 2 aromatic rings. The molecule has 0 spiro atoms. The molecule has 0 atom stereocenters. The molecule has 0 amide bonds. The van der Waals surface area contributed by atoms with Gasteiger partial charge in [0.15, 0.2) is 0 Å². The van der Waals surface area contributed by atoms with Gasteiger partial charge in [-0.1, -0.05) is 0 Å². The maximum absolute atomic E-state index is 9.98. The summed E-state index contributed by atoms with van der Waals surface area (Å²) < 4.78 is 2.09. The largest absolute Gasteiger partial charge is 0.390 e. The van der Waals surface area contributed by atoms with Crippen molar-refractivity contribution < 1.29 is 5.11 Å². The van der Waals surface area contributed by atoms with Crippen molar-refractivity contribution in [3.63, 3.8) is 0 Å². The summed E-state index contributed by atoms with van der Waals surface area (Å²) in [5, 5.41) is 9.98. The number of pyridine rings is 1. The number of piperidine rings is 1. The van der Waals surface area contributed by atoms with Crippen LogP contribution in [0.1, 0.15) is 19.8 Å². The molecule has 3 heterocycles. The summed E-state index contributed by atoms with van der Waals surface area (Å²) >= 11 is 0. The average molecular weight is 245 g/mol. The lowest BCUT2D eigenvalue weighted by Gasteiger charge is -2.37. The number of aliphatic hydroxyl groups is 1. The molecule has 0 radical (unpaired) electrons. The predicted molar refractivity (Wildman–Crippen MR) is 72.8 cm³/mol. The van der Waals surface area contributed by atoms with Crippen LogP contribution < -0.4 is 4.90 Å². The molecular weight excluding hydrogens is 226 g/mol. The van der Waals surface area contributed by atoms with Crippen LogP contribution >= 0.6 is 0 Å². The molecule has 4 heteroatoms. The van der Waals surface area contributed by atoms with Crippen molar-refractivity contribution in [2.45, 2.75) is 25.4 Å². The summed E-state index contributed by atoms with van der Waals surface area (Å²) in [5.74, 6) is 0. The highest BCUT2D eigenvalue weighted by atomic mass is 16.3. The van der Waals surface area contributed by atoms with Gasteiger partial charge in [-0.15, -0.1) is 0 Å². The normalized spacial score (nSPS) is 19.4. The van der Waals surface area contributed by atoms with Gasteiger partial charge >= 0.3 is 0 Å². The first-order valence-electron chi connectivity index (χ1n) is 6.44. The fourth-order valence-corrected chi connectivity index (χ4v) is 2.55. The Kier molecular flexibility index (Phi) is 2.55. The van der Waals surface area contributed by atoms with E-state index in [0.29, 0.717) is 0 Å². The number of anilines is 1. The van der Waals surface area contributed by atoms with Crippen LogP contribution in [0.15, 0.2) is 24.5 Å². The number of fused-ring (bicyclic) bond motifs is 1. The highest BCUT2D eigenvalue weighted by molar-refractivity contribution is 5.79. The summed E-state index contributed by atoms with van der Waals surface area (Å²) in [7, 11) is 2.04. The van der Waals surface area contributed by atoms with E-state index < -0.39 is 5.60 Å². The standard InChI is InChI=1S/C14H19N3O/c1-14(18)4-7-17(8-5-14)11-9-13-12(15-10-11)3-6-16(13)2/h3,6,9-10,18H,4-5,7-8H2,1-2H3. The lowest BCUT2D eigenvalue weighted by molar-refractivity contribution is 0.0351. The van der Waals surface area contributed by atoms with E-state index in [2.05, 4.69) is 20.5 Å². The second-order valence-corrected chi connectivity index (χ2v) is 5.51. The zero-order chi connectivity index (χ0) is 12.8. The third kappa shape index (κ3) is 1.97. The lowest BCUT2D eigenvalue weighted by Crippen LogP contribution is -2.42. The topological polar surface area (TPSA) is 41.3 Å². The van der Waals surface area contributed by atoms with E-state index in [0.717, 1.165) is 42.7 Å². The summed E-state index contributed by atoms with van der Waals surface area (Å²) in [6.07, 6.45) is 5.60. The molecule has 0 saturated carbocycles. The molecular formula is C14H19N3O. The monoisotopic (exact) mass is 245 g/mol. The predicted octanol–water partition coefficient (Wildman–Crippen LogP) is 1.92. The van der Waals surface area contributed by atoms with Crippen LogP contribution in [0.3, 0.4) is 0 Å². The third-order valence-corrected chi connectivity index (χ3v) is 3.92. The van der Waals surface area contributed by atoms with Gasteiger partial charge < -0.3 is 14.6 Å².